The van der Waals surface area contributed by atoms with Crippen molar-refractivity contribution in [2.45, 2.75) is 6.92 Å². The number of benzene rings is 2. The molecule has 0 amide bonds. The van der Waals surface area contributed by atoms with Gasteiger partial charge in [0.1, 0.15) is 0 Å². The first-order valence-electron chi connectivity index (χ1n) is 6.87. The SMILES string of the molecule is Cc1ccc(N=Cc2cccn2-c2ccc(Cl)cc2)cc1Cl. The highest BCUT2D eigenvalue weighted by molar-refractivity contribution is 6.31. The van der Waals surface area contributed by atoms with E-state index in [9.17, 15) is 0 Å². The highest BCUT2D eigenvalue weighted by Crippen LogP contribution is 2.22. The molecule has 1 aromatic heterocycles. The molecule has 22 heavy (non-hydrogen) atoms. The maximum Gasteiger partial charge on any atom is 0.0645 e. The number of nitrogens with zero attached hydrogens (tertiary/aromatic N) is 2. The van der Waals surface area contributed by atoms with Gasteiger partial charge in [-0.05, 0) is 61.0 Å². The van der Waals surface area contributed by atoms with E-state index in [1.165, 1.54) is 0 Å². The van der Waals surface area contributed by atoms with Crippen molar-refractivity contribution >= 4 is 35.1 Å². The minimum atomic E-state index is 0.723. The first-order chi connectivity index (χ1) is 10.6. The normalized spacial score (nSPS) is 11.2. The van der Waals surface area contributed by atoms with E-state index in [0.29, 0.717) is 0 Å². The largest absolute Gasteiger partial charge is 0.316 e. The highest BCUT2D eigenvalue weighted by Gasteiger charge is 2.02. The van der Waals surface area contributed by atoms with Crippen molar-refractivity contribution in [2.24, 2.45) is 4.99 Å². The van der Waals surface area contributed by atoms with Gasteiger partial charge >= 0.3 is 0 Å². The third-order valence-electron chi connectivity index (χ3n) is 3.39. The quantitative estimate of drug-likeness (QED) is 0.537. The number of rotatable bonds is 3. The van der Waals surface area contributed by atoms with E-state index in [0.717, 1.165) is 32.7 Å². The van der Waals surface area contributed by atoms with E-state index in [-0.39, 0.29) is 0 Å². The summed E-state index contributed by atoms with van der Waals surface area (Å²) in [7, 11) is 0. The summed E-state index contributed by atoms with van der Waals surface area (Å²) in [5, 5.41) is 1.45. The number of aliphatic imine (C=N–C) groups is 1. The van der Waals surface area contributed by atoms with Gasteiger partial charge in [0.05, 0.1) is 17.6 Å². The van der Waals surface area contributed by atoms with Crippen molar-refractivity contribution in [3.63, 3.8) is 0 Å². The molecule has 0 saturated carbocycles. The van der Waals surface area contributed by atoms with E-state index in [4.69, 9.17) is 23.2 Å². The lowest BCUT2D eigenvalue weighted by atomic mass is 10.2. The molecule has 0 N–H and O–H groups in total. The fourth-order valence-corrected chi connectivity index (χ4v) is 2.44. The Kier molecular flexibility index (Phi) is 4.32. The van der Waals surface area contributed by atoms with E-state index in [2.05, 4.69) is 9.56 Å². The lowest BCUT2D eigenvalue weighted by Gasteiger charge is -2.06. The standard InChI is InChI=1S/C18H14Cl2N2/c1-13-4-7-15(11-18(13)20)21-12-17-3-2-10-22(17)16-8-5-14(19)6-9-16/h2-12H,1H3. The second kappa shape index (κ2) is 6.39. The molecule has 0 aliphatic heterocycles. The predicted octanol–water partition coefficient (Wildman–Crippen LogP) is 5.84. The summed E-state index contributed by atoms with van der Waals surface area (Å²) in [6.07, 6.45) is 3.82. The zero-order chi connectivity index (χ0) is 15.5. The second-order valence-corrected chi connectivity index (χ2v) is 5.81. The van der Waals surface area contributed by atoms with Crippen LogP contribution in [-0.2, 0) is 0 Å². The van der Waals surface area contributed by atoms with E-state index >= 15 is 0 Å². The lowest BCUT2D eigenvalue weighted by molar-refractivity contribution is 1.07. The van der Waals surface area contributed by atoms with Gasteiger partial charge < -0.3 is 4.57 Å². The van der Waals surface area contributed by atoms with E-state index in [1.54, 1.807) is 0 Å². The van der Waals surface area contributed by atoms with Crippen LogP contribution in [0.4, 0.5) is 5.69 Å². The molecule has 0 bridgehead atoms. The van der Waals surface area contributed by atoms with Gasteiger partial charge in [-0.25, -0.2) is 0 Å². The van der Waals surface area contributed by atoms with Crippen LogP contribution in [0.1, 0.15) is 11.3 Å². The van der Waals surface area contributed by atoms with Crippen LogP contribution in [0.3, 0.4) is 0 Å². The van der Waals surface area contributed by atoms with Crippen LogP contribution in [0.5, 0.6) is 0 Å². The molecule has 4 heteroatoms. The van der Waals surface area contributed by atoms with Crippen LogP contribution in [0.2, 0.25) is 10.0 Å². The molecule has 0 aliphatic rings. The van der Waals surface area contributed by atoms with Gasteiger partial charge in [0, 0.05) is 21.9 Å². The van der Waals surface area contributed by atoms with Crippen molar-refractivity contribution in [1.29, 1.82) is 0 Å². The Morgan fingerprint density at radius 1 is 1.00 bits per heavy atom. The molecule has 2 nitrogen and oxygen atoms in total. The third-order valence-corrected chi connectivity index (χ3v) is 4.05. The van der Waals surface area contributed by atoms with Gasteiger partial charge in [-0.3, -0.25) is 4.99 Å². The zero-order valence-electron chi connectivity index (χ0n) is 12.0. The van der Waals surface area contributed by atoms with Crippen LogP contribution in [0, 0.1) is 6.92 Å². The van der Waals surface area contributed by atoms with Crippen molar-refractivity contribution in [1.82, 2.24) is 4.57 Å². The average Bonchev–Trinajstić information content (AvgIpc) is 2.98. The summed E-state index contributed by atoms with van der Waals surface area (Å²) >= 11 is 12.1. The molecule has 3 rings (SSSR count). The molecule has 0 atom stereocenters. The summed E-state index contributed by atoms with van der Waals surface area (Å²) in [6.45, 7) is 1.97. The van der Waals surface area contributed by atoms with E-state index in [1.807, 2.05) is 73.9 Å². The molecular weight excluding hydrogens is 315 g/mol. The van der Waals surface area contributed by atoms with Gasteiger partial charge in [-0.2, -0.15) is 0 Å². The summed E-state index contributed by atoms with van der Waals surface area (Å²) in [6, 6.07) is 17.5. The second-order valence-electron chi connectivity index (χ2n) is 4.97. The first-order valence-corrected chi connectivity index (χ1v) is 7.62. The number of aromatic nitrogens is 1. The molecule has 2 aromatic carbocycles. The zero-order valence-corrected chi connectivity index (χ0v) is 13.5. The fourth-order valence-electron chi connectivity index (χ4n) is 2.14. The van der Waals surface area contributed by atoms with Gasteiger partial charge in [0.2, 0.25) is 0 Å². The van der Waals surface area contributed by atoms with Crippen LogP contribution >= 0.6 is 23.2 Å². The van der Waals surface area contributed by atoms with Crippen molar-refractivity contribution in [3.05, 3.63) is 82.1 Å². The molecule has 0 radical (unpaired) electrons. The Balaban J connectivity index is 1.90. The molecular formula is C18H14Cl2N2. The third kappa shape index (κ3) is 3.24. The minimum Gasteiger partial charge on any atom is -0.316 e. The van der Waals surface area contributed by atoms with Gasteiger partial charge in [-0.1, -0.05) is 29.3 Å². The Labute approximate surface area is 139 Å². The topological polar surface area (TPSA) is 17.3 Å². The molecule has 110 valence electrons. The van der Waals surface area contributed by atoms with Gasteiger partial charge in [-0.15, -0.1) is 0 Å². The smallest absolute Gasteiger partial charge is 0.0645 e. The molecule has 1 heterocycles. The van der Waals surface area contributed by atoms with Gasteiger partial charge in [0.25, 0.3) is 0 Å². The number of hydrogen-bond acceptors (Lipinski definition) is 1. The summed E-state index contributed by atoms with van der Waals surface area (Å²) in [5.41, 5.74) is 3.90. The Morgan fingerprint density at radius 2 is 1.77 bits per heavy atom. The monoisotopic (exact) mass is 328 g/mol. The van der Waals surface area contributed by atoms with Crippen molar-refractivity contribution in [3.8, 4) is 5.69 Å². The summed E-state index contributed by atoms with van der Waals surface area (Å²) < 4.78 is 2.05. The first kappa shape index (κ1) is 14.9. The lowest BCUT2D eigenvalue weighted by Crippen LogP contribution is -1.97. The van der Waals surface area contributed by atoms with E-state index < -0.39 is 0 Å². The number of hydrogen-bond donors (Lipinski definition) is 0. The van der Waals surface area contributed by atoms with Crippen LogP contribution in [0.15, 0.2) is 65.8 Å². The molecule has 0 aliphatic carbocycles. The highest BCUT2D eigenvalue weighted by atomic mass is 35.5. The summed E-state index contributed by atoms with van der Waals surface area (Å²) in [5.74, 6) is 0. The minimum absolute atomic E-state index is 0.723. The maximum atomic E-state index is 6.12. The Hall–Kier alpha value is -2.03. The summed E-state index contributed by atoms with van der Waals surface area (Å²) in [4.78, 5) is 4.50. The fraction of sp³-hybridized carbons (Fsp3) is 0.0556. The Bertz CT molecular complexity index is 817. The number of aryl methyl sites for hydroxylation is 1. The molecule has 0 saturated heterocycles. The molecule has 0 unspecified atom stereocenters. The number of halogens is 2. The molecule has 3 aromatic rings. The predicted molar refractivity (Wildman–Crippen MR) is 94.2 cm³/mol. The van der Waals surface area contributed by atoms with Gasteiger partial charge in [0.15, 0.2) is 0 Å². The molecule has 0 fully saturated rings. The van der Waals surface area contributed by atoms with Crippen LogP contribution < -0.4 is 0 Å². The van der Waals surface area contributed by atoms with Crippen molar-refractivity contribution < 1.29 is 0 Å². The molecule has 0 spiro atoms. The maximum absolute atomic E-state index is 6.12. The average molecular weight is 329 g/mol. The van der Waals surface area contributed by atoms with Crippen molar-refractivity contribution in [2.75, 3.05) is 0 Å². The Morgan fingerprint density at radius 3 is 2.50 bits per heavy atom. The van der Waals surface area contributed by atoms with Crippen LogP contribution in [-0.4, -0.2) is 10.8 Å². The van der Waals surface area contributed by atoms with Crippen LogP contribution in [0.25, 0.3) is 5.69 Å².